The molecule has 0 radical (unpaired) electrons. The fraction of sp³-hybridized carbons (Fsp3) is 0.133. The first kappa shape index (κ1) is 12.0. The van der Waals surface area contributed by atoms with Crippen LogP contribution >= 0.6 is 0 Å². The van der Waals surface area contributed by atoms with Crippen LogP contribution in [0.5, 0.6) is 5.75 Å². The van der Waals surface area contributed by atoms with Gasteiger partial charge in [0.15, 0.2) is 0 Å². The third-order valence-corrected chi connectivity index (χ3v) is 2.68. The summed E-state index contributed by atoms with van der Waals surface area (Å²) in [6.07, 6.45) is 0. The molecule has 0 spiro atoms. The van der Waals surface area contributed by atoms with E-state index in [2.05, 4.69) is 11.4 Å². The van der Waals surface area contributed by atoms with E-state index >= 15 is 0 Å². The minimum atomic E-state index is 0.405. The van der Waals surface area contributed by atoms with Gasteiger partial charge in [-0.25, -0.2) is 0 Å². The second-order valence-corrected chi connectivity index (χ2v) is 3.83. The number of hydrogen-bond acceptors (Lipinski definition) is 3. The Kier molecular flexibility index (Phi) is 3.83. The molecule has 0 fully saturated rings. The topological polar surface area (TPSA) is 45.0 Å². The van der Waals surface area contributed by atoms with E-state index in [0.717, 1.165) is 17.0 Å². The maximum Gasteiger partial charge on any atom is 0.119 e. The van der Waals surface area contributed by atoms with Gasteiger partial charge in [-0.05, 0) is 30.3 Å². The number of nitrogens with one attached hydrogen (secondary N) is 1. The second-order valence-electron chi connectivity index (χ2n) is 3.83. The lowest BCUT2D eigenvalue weighted by Gasteiger charge is -2.08. The van der Waals surface area contributed by atoms with Gasteiger partial charge in [-0.15, -0.1) is 0 Å². The van der Waals surface area contributed by atoms with Crippen molar-refractivity contribution in [1.82, 2.24) is 0 Å². The molecule has 0 saturated carbocycles. The summed E-state index contributed by atoms with van der Waals surface area (Å²) in [4.78, 5) is 0. The largest absolute Gasteiger partial charge is 0.489 e. The van der Waals surface area contributed by atoms with Crippen molar-refractivity contribution < 1.29 is 4.74 Å². The van der Waals surface area contributed by atoms with Crippen molar-refractivity contribution in [3.63, 3.8) is 0 Å². The van der Waals surface area contributed by atoms with Gasteiger partial charge in [0.2, 0.25) is 0 Å². The lowest BCUT2D eigenvalue weighted by molar-refractivity contribution is 0.306. The molecule has 0 heterocycles. The van der Waals surface area contributed by atoms with Crippen LogP contribution in [0.15, 0.2) is 48.5 Å². The molecule has 2 aromatic rings. The summed E-state index contributed by atoms with van der Waals surface area (Å²) >= 11 is 0. The van der Waals surface area contributed by atoms with Crippen molar-refractivity contribution in [2.75, 3.05) is 12.4 Å². The molecule has 0 amide bonds. The number of anilines is 1. The molecule has 0 aromatic heterocycles. The summed E-state index contributed by atoms with van der Waals surface area (Å²) in [7, 11) is 1.87. The monoisotopic (exact) mass is 238 g/mol. The third kappa shape index (κ3) is 2.80. The molecule has 0 saturated heterocycles. The second kappa shape index (κ2) is 5.74. The smallest absolute Gasteiger partial charge is 0.119 e. The lowest BCUT2D eigenvalue weighted by atomic mass is 10.1. The summed E-state index contributed by atoms with van der Waals surface area (Å²) in [6, 6.07) is 17.3. The Labute approximate surface area is 107 Å². The Morgan fingerprint density at radius 3 is 2.50 bits per heavy atom. The molecule has 2 rings (SSSR count). The van der Waals surface area contributed by atoms with Crippen LogP contribution in [0, 0.1) is 11.3 Å². The van der Waals surface area contributed by atoms with E-state index < -0.39 is 0 Å². The number of benzene rings is 2. The van der Waals surface area contributed by atoms with Crippen LogP contribution in [0.2, 0.25) is 0 Å². The molecule has 3 nitrogen and oxygen atoms in total. The molecule has 0 aliphatic carbocycles. The summed E-state index contributed by atoms with van der Waals surface area (Å²) in [5.41, 5.74) is 2.60. The maximum absolute atomic E-state index is 8.97. The molecule has 1 N–H and O–H groups in total. The van der Waals surface area contributed by atoms with Gasteiger partial charge in [0.1, 0.15) is 12.4 Å². The quantitative estimate of drug-likeness (QED) is 0.889. The Morgan fingerprint density at radius 2 is 1.83 bits per heavy atom. The highest BCUT2D eigenvalue weighted by Gasteiger charge is 2.01. The van der Waals surface area contributed by atoms with Crippen molar-refractivity contribution in [1.29, 1.82) is 5.26 Å². The molecule has 18 heavy (non-hydrogen) atoms. The first-order valence-electron chi connectivity index (χ1n) is 5.72. The number of nitriles is 1. The van der Waals surface area contributed by atoms with E-state index in [-0.39, 0.29) is 0 Å². The molecule has 0 atom stereocenters. The molecular formula is C15H14N2O. The Balaban J connectivity index is 2.05. The van der Waals surface area contributed by atoms with Gasteiger partial charge in [-0.1, -0.05) is 18.2 Å². The van der Waals surface area contributed by atoms with Crippen LogP contribution in [0.25, 0.3) is 0 Å². The molecule has 0 unspecified atom stereocenters. The third-order valence-electron chi connectivity index (χ3n) is 2.68. The van der Waals surface area contributed by atoms with Crippen LogP contribution in [-0.2, 0) is 6.61 Å². The van der Waals surface area contributed by atoms with Crippen molar-refractivity contribution in [2.45, 2.75) is 6.61 Å². The van der Waals surface area contributed by atoms with E-state index in [4.69, 9.17) is 10.00 Å². The first-order valence-corrected chi connectivity index (χ1v) is 5.72. The lowest BCUT2D eigenvalue weighted by Crippen LogP contribution is -1.98. The predicted octanol–water partition coefficient (Wildman–Crippen LogP) is 3.18. The zero-order chi connectivity index (χ0) is 12.8. The zero-order valence-electron chi connectivity index (χ0n) is 10.2. The molecule has 2 aromatic carbocycles. The van der Waals surface area contributed by atoms with E-state index in [1.165, 1.54) is 0 Å². The molecule has 90 valence electrons. The number of rotatable bonds is 4. The normalized spacial score (nSPS) is 9.56. The van der Waals surface area contributed by atoms with Gasteiger partial charge in [-0.2, -0.15) is 5.26 Å². The summed E-state index contributed by atoms with van der Waals surface area (Å²) in [5, 5.41) is 12.0. The average Bonchev–Trinajstić information content (AvgIpc) is 2.46. The van der Waals surface area contributed by atoms with Gasteiger partial charge in [0.25, 0.3) is 0 Å². The standard InChI is InChI=1S/C15H14N2O/c1-17-14-6-8-15(9-7-14)18-11-13-5-3-2-4-12(13)10-16/h2-9,17H,11H2,1H3. The number of ether oxygens (including phenoxy) is 1. The van der Waals surface area contributed by atoms with Gasteiger partial charge in [-0.3, -0.25) is 0 Å². The minimum Gasteiger partial charge on any atom is -0.489 e. The molecule has 3 heteroatoms. The predicted molar refractivity (Wildman–Crippen MR) is 71.5 cm³/mol. The van der Waals surface area contributed by atoms with Crippen molar-refractivity contribution in [3.8, 4) is 11.8 Å². The van der Waals surface area contributed by atoms with Gasteiger partial charge in [0, 0.05) is 18.3 Å². The Bertz CT molecular complexity index is 555. The Morgan fingerprint density at radius 1 is 1.11 bits per heavy atom. The molecule has 0 aliphatic heterocycles. The van der Waals surface area contributed by atoms with Crippen LogP contribution in [0.4, 0.5) is 5.69 Å². The molecule has 0 aliphatic rings. The van der Waals surface area contributed by atoms with Crippen LogP contribution in [0.1, 0.15) is 11.1 Å². The maximum atomic E-state index is 8.97. The van der Waals surface area contributed by atoms with E-state index in [1.54, 1.807) is 6.07 Å². The van der Waals surface area contributed by atoms with Crippen molar-refractivity contribution in [2.24, 2.45) is 0 Å². The van der Waals surface area contributed by atoms with E-state index in [0.29, 0.717) is 12.2 Å². The van der Waals surface area contributed by atoms with E-state index in [9.17, 15) is 0 Å². The van der Waals surface area contributed by atoms with Crippen LogP contribution in [-0.4, -0.2) is 7.05 Å². The summed E-state index contributed by atoms with van der Waals surface area (Å²) in [5.74, 6) is 0.793. The Hall–Kier alpha value is -2.47. The van der Waals surface area contributed by atoms with Crippen molar-refractivity contribution in [3.05, 3.63) is 59.7 Å². The highest BCUT2D eigenvalue weighted by atomic mass is 16.5. The van der Waals surface area contributed by atoms with Crippen LogP contribution < -0.4 is 10.1 Å². The zero-order valence-corrected chi connectivity index (χ0v) is 10.2. The minimum absolute atomic E-state index is 0.405. The summed E-state index contributed by atoms with van der Waals surface area (Å²) < 4.78 is 5.66. The number of hydrogen-bond donors (Lipinski definition) is 1. The molecular weight excluding hydrogens is 224 g/mol. The first-order chi connectivity index (χ1) is 8.83. The summed E-state index contributed by atoms with van der Waals surface area (Å²) in [6.45, 7) is 0.405. The highest BCUT2D eigenvalue weighted by molar-refractivity contribution is 5.45. The van der Waals surface area contributed by atoms with E-state index in [1.807, 2.05) is 49.5 Å². The fourth-order valence-electron chi connectivity index (χ4n) is 1.63. The highest BCUT2D eigenvalue weighted by Crippen LogP contribution is 2.17. The molecule has 0 bridgehead atoms. The SMILES string of the molecule is CNc1ccc(OCc2ccccc2C#N)cc1. The van der Waals surface area contributed by atoms with Crippen molar-refractivity contribution >= 4 is 5.69 Å². The van der Waals surface area contributed by atoms with Gasteiger partial charge < -0.3 is 10.1 Å². The van der Waals surface area contributed by atoms with Gasteiger partial charge >= 0.3 is 0 Å². The van der Waals surface area contributed by atoms with Crippen LogP contribution in [0.3, 0.4) is 0 Å². The average molecular weight is 238 g/mol. The fourth-order valence-corrected chi connectivity index (χ4v) is 1.63. The number of nitrogens with zero attached hydrogens (tertiary/aromatic N) is 1. The van der Waals surface area contributed by atoms with Gasteiger partial charge in [0.05, 0.1) is 11.6 Å².